The normalized spacial score (nSPS) is 56.9. The minimum absolute atomic E-state index is 0.0122. The lowest BCUT2D eigenvalue weighted by atomic mass is 9.78. The highest BCUT2D eigenvalue weighted by atomic mass is 16.8. The number of aliphatic hydroxyl groups is 2. The molecular weight excluding hydrogens is 1040 g/mol. The monoisotopic (exact) mass is 1120 g/mol. The quantitative estimate of drug-likeness (QED) is 0.262. The van der Waals surface area contributed by atoms with E-state index in [4.69, 9.17) is 71.1 Å². The zero-order valence-electron chi connectivity index (χ0n) is 47.1. The van der Waals surface area contributed by atoms with Crippen LogP contribution in [0.15, 0.2) is 24.3 Å². The smallest absolute Gasteiger partial charge is 0.308 e. The van der Waals surface area contributed by atoms with E-state index in [1.54, 1.807) is 0 Å². The van der Waals surface area contributed by atoms with Gasteiger partial charge in [-0.25, -0.2) is 0 Å². The molecule has 19 unspecified atom stereocenters. The van der Waals surface area contributed by atoms with Gasteiger partial charge in [-0.15, -0.1) is 0 Å². The number of ketones is 1. The van der Waals surface area contributed by atoms with Crippen molar-refractivity contribution < 1.29 is 90.9 Å². The number of carbonyl (C=O) groups excluding carboxylic acids is 2. The van der Waals surface area contributed by atoms with E-state index in [0.29, 0.717) is 64.2 Å². The van der Waals surface area contributed by atoms with E-state index in [0.717, 1.165) is 49.7 Å². The summed E-state index contributed by atoms with van der Waals surface area (Å²) in [7, 11) is 0. The van der Waals surface area contributed by atoms with Gasteiger partial charge in [0.25, 0.3) is 0 Å². The second-order valence-corrected chi connectivity index (χ2v) is 27.7. The van der Waals surface area contributed by atoms with Crippen molar-refractivity contribution in [2.45, 2.75) is 314 Å². The third kappa shape index (κ3) is 9.51. The molecule has 0 radical (unpaired) electrons. The molecule has 0 aliphatic carbocycles. The van der Waals surface area contributed by atoms with Crippen LogP contribution in [0, 0.1) is 23.7 Å². The van der Waals surface area contributed by atoms with Crippen molar-refractivity contribution in [2.75, 3.05) is 6.61 Å². The Kier molecular flexibility index (Phi) is 14.0. The molecule has 16 heterocycles. The van der Waals surface area contributed by atoms with Crippen molar-refractivity contribution in [3.8, 4) is 0 Å². The van der Waals surface area contributed by atoms with Gasteiger partial charge in [-0.3, -0.25) is 9.59 Å². The molecule has 12 bridgehead atoms. The Morgan fingerprint density at radius 1 is 0.525 bits per heavy atom. The van der Waals surface area contributed by atoms with Crippen molar-refractivity contribution in [1.29, 1.82) is 0 Å². The molecular formula is C61H86O19. The van der Waals surface area contributed by atoms with Gasteiger partial charge in [0.1, 0.15) is 42.4 Å². The molecule has 19 nitrogen and oxygen atoms in total. The average molecular weight is 1120 g/mol. The van der Waals surface area contributed by atoms with Crippen molar-refractivity contribution in [3.63, 3.8) is 0 Å². The molecule has 444 valence electrons. The number of hydrogen-bond donors (Lipinski definition) is 2. The first-order chi connectivity index (χ1) is 38.5. The molecule has 80 heavy (non-hydrogen) atoms. The van der Waals surface area contributed by atoms with Crippen LogP contribution in [0.2, 0.25) is 0 Å². The Balaban J connectivity index is 0.652. The van der Waals surface area contributed by atoms with Crippen LogP contribution in [0.5, 0.6) is 0 Å². The third-order valence-electron chi connectivity index (χ3n) is 22.0. The number of rotatable bonds is 4. The minimum Gasteiger partial charge on any atom is -0.459 e. The lowest BCUT2D eigenvalue weighted by Crippen LogP contribution is -2.62. The maximum Gasteiger partial charge on any atom is 0.308 e. The second kappa shape index (κ2) is 20.6. The summed E-state index contributed by atoms with van der Waals surface area (Å²) >= 11 is 0. The maximum absolute atomic E-state index is 14.6. The summed E-state index contributed by atoms with van der Waals surface area (Å²) in [6.07, 6.45) is 2.59. The fourth-order valence-electron chi connectivity index (χ4n) is 18.3. The highest BCUT2D eigenvalue weighted by Gasteiger charge is 2.70. The van der Waals surface area contributed by atoms with Gasteiger partial charge in [0.2, 0.25) is 0 Å². The van der Waals surface area contributed by atoms with Crippen LogP contribution in [-0.2, 0) is 80.6 Å². The maximum atomic E-state index is 14.6. The molecule has 0 amide bonds. The van der Waals surface area contributed by atoms with Crippen LogP contribution in [-0.4, -0.2) is 192 Å². The third-order valence-corrected chi connectivity index (χ3v) is 22.0. The summed E-state index contributed by atoms with van der Waals surface area (Å²) in [6.45, 7) is 17.6. The van der Waals surface area contributed by atoms with Gasteiger partial charge in [0.15, 0.2) is 17.4 Å². The standard InChI is InChI=1S/C61H86O19/c1-27-15-34-7-9-38-28(2)16-36(66-38)11-13-59-25-47-55(79-59)56-57(73-47)58(80-59)54-39(70-56)10-8-35(68-54)18-49(65)74-53-32(6)52-44(69-43(53)20-40(67-34)31(27)5)21-42-46(72-52)24-61(75-42)26-48-51(78-61)30(4)23-60(77-48)22-29(3)50-45(76-60)19-37(64)41(71-50)17-33(63)12-14-62/h27,29-30,32,34-48,50-58,62,64H,2,5,7-26H2,1,3-4,6H3/t27-,29?,30?,32?,34?,35?,36?,37?,38+,39+,40?,41?,42?,43+,44?,45+,46?,47?,48+,50+,51+,52?,53?,54?,55+,56?,57?,58?,59+,60+,61+/m1/s1. The summed E-state index contributed by atoms with van der Waals surface area (Å²) in [5.74, 6) is -3.05. The number of aliphatic hydroxyl groups excluding tert-OH is 2. The number of Topliss-reactive ketones (excluding diaryl/α,β-unsaturated/α-hetero) is 1. The average Bonchev–Trinajstić information content (AvgIpc) is 4.36. The number of hydrogen-bond acceptors (Lipinski definition) is 19. The van der Waals surface area contributed by atoms with E-state index >= 15 is 0 Å². The Morgan fingerprint density at radius 3 is 2.05 bits per heavy atom. The molecule has 16 aliphatic rings. The van der Waals surface area contributed by atoms with Gasteiger partial charge >= 0.3 is 5.97 Å². The SMILES string of the molecule is C=C1C2C[C@@H]3OC4CC5O[C@]6(CC5OC4C(C)C3OC(=O)CC3CC[C@@H]4OC5C7OC8C[C@](CCC9CC(=C)[C@H](CCC(C[C@H]1C)O2)O9)(OC7C4O3)O[C@@H]85)C[C@@H]1O[C@@]2(CC(C)[C@@H]3OC(CC(=O)CCO)C(O)C[C@@H]3O2)CC(C)[C@@H]1O6. The van der Waals surface area contributed by atoms with Gasteiger partial charge in [0, 0.05) is 83.2 Å². The summed E-state index contributed by atoms with van der Waals surface area (Å²) in [5, 5.41) is 20.4. The lowest BCUT2D eigenvalue weighted by molar-refractivity contribution is -0.371. The molecule has 16 rings (SSSR count). The highest BCUT2D eigenvalue weighted by molar-refractivity contribution is 5.79. The molecule has 0 aromatic heterocycles. The number of ether oxygens (including phenoxy) is 15. The van der Waals surface area contributed by atoms with Crippen LogP contribution >= 0.6 is 0 Å². The predicted molar refractivity (Wildman–Crippen MR) is 277 cm³/mol. The Labute approximate surface area is 469 Å². The second-order valence-electron chi connectivity index (χ2n) is 27.7. The Morgan fingerprint density at radius 2 is 1.20 bits per heavy atom. The summed E-state index contributed by atoms with van der Waals surface area (Å²) < 4.78 is 104. The van der Waals surface area contributed by atoms with Gasteiger partial charge in [0.05, 0.1) is 116 Å². The first-order valence-electron chi connectivity index (χ1n) is 31.2. The molecule has 31 atom stereocenters. The van der Waals surface area contributed by atoms with Crippen molar-refractivity contribution in [3.05, 3.63) is 24.3 Å². The zero-order valence-corrected chi connectivity index (χ0v) is 47.1. The minimum atomic E-state index is -0.939. The molecule has 16 fully saturated rings. The first-order valence-corrected chi connectivity index (χ1v) is 31.2. The van der Waals surface area contributed by atoms with Gasteiger partial charge in [-0.1, -0.05) is 40.9 Å². The molecule has 0 aromatic carbocycles. The van der Waals surface area contributed by atoms with Gasteiger partial charge in [-0.05, 0) is 73.8 Å². The molecule has 16 saturated heterocycles. The van der Waals surface area contributed by atoms with E-state index in [9.17, 15) is 19.8 Å². The van der Waals surface area contributed by atoms with Crippen LogP contribution in [0.25, 0.3) is 0 Å². The van der Waals surface area contributed by atoms with Crippen molar-refractivity contribution in [1.82, 2.24) is 0 Å². The Hall–Kier alpha value is -2.02. The van der Waals surface area contributed by atoms with Crippen LogP contribution in [0.3, 0.4) is 0 Å². The largest absolute Gasteiger partial charge is 0.459 e. The fourth-order valence-corrected chi connectivity index (χ4v) is 18.3. The molecule has 0 aromatic rings. The van der Waals surface area contributed by atoms with E-state index in [1.807, 2.05) is 0 Å². The zero-order chi connectivity index (χ0) is 54.7. The predicted octanol–water partition coefficient (Wildman–Crippen LogP) is 5.52. The Bertz CT molecular complexity index is 2410. The number of esters is 1. The topological polar surface area (TPSA) is 213 Å². The van der Waals surface area contributed by atoms with Crippen LogP contribution in [0.1, 0.15) is 150 Å². The lowest BCUT2D eigenvalue weighted by Gasteiger charge is -2.54. The fraction of sp³-hybridized carbons (Fsp3) is 0.902. The summed E-state index contributed by atoms with van der Waals surface area (Å²) in [4.78, 5) is 27.0. The number of fused-ring (bicyclic) bond motifs is 10. The van der Waals surface area contributed by atoms with Crippen molar-refractivity contribution >= 4 is 11.8 Å². The number of carbonyl (C=O) groups is 2. The van der Waals surface area contributed by atoms with Crippen LogP contribution < -0.4 is 0 Å². The van der Waals surface area contributed by atoms with E-state index in [1.165, 1.54) is 0 Å². The van der Waals surface area contributed by atoms with Gasteiger partial charge in [-0.2, -0.15) is 0 Å². The molecule has 2 N–H and O–H groups in total. The van der Waals surface area contributed by atoms with Crippen molar-refractivity contribution in [2.24, 2.45) is 23.7 Å². The molecule has 0 saturated carbocycles. The van der Waals surface area contributed by atoms with E-state index < -0.39 is 66.2 Å². The molecule has 19 heteroatoms. The van der Waals surface area contributed by atoms with Crippen LogP contribution in [0.4, 0.5) is 0 Å². The van der Waals surface area contributed by atoms with E-state index in [-0.39, 0.29) is 159 Å². The summed E-state index contributed by atoms with van der Waals surface area (Å²) in [5.41, 5.74) is 2.15. The summed E-state index contributed by atoms with van der Waals surface area (Å²) in [6, 6.07) is 0. The van der Waals surface area contributed by atoms with Gasteiger partial charge < -0.3 is 81.3 Å². The van der Waals surface area contributed by atoms with E-state index in [2.05, 4.69) is 40.9 Å². The first kappa shape index (κ1) is 54.6. The highest BCUT2D eigenvalue weighted by Crippen LogP contribution is 2.58. The molecule has 3 spiro atoms. The molecule has 16 aliphatic heterocycles.